The topological polar surface area (TPSA) is 20.7 Å². The van der Waals surface area contributed by atoms with E-state index in [1.807, 2.05) is 12.1 Å². The Morgan fingerprint density at radius 3 is 2.79 bits per heavy atom. The van der Waals surface area contributed by atoms with E-state index < -0.39 is 0 Å². The minimum Gasteiger partial charge on any atom is -0.330 e. The van der Waals surface area contributed by atoms with Gasteiger partial charge in [-0.25, -0.2) is 4.39 Å². The normalized spacial score (nSPS) is 11.1. The second kappa shape index (κ2) is 4.74. The van der Waals surface area contributed by atoms with Crippen molar-refractivity contribution in [3.8, 4) is 5.69 Å². The molecular formula is C13H7BrClFN2S. The summed E-state index contributed by atoms with van der Waals surface area (Å²) in [5.74, 6) is -0.309. The van der Waals surface area contributed by atoms with Crippen molar-refractivity contribution < 1.29 is 4.39 Å². The number of aromatic amines is 1. The van der Waals surface area contributed by atoms with E-state index in [-0.39, 0.29) is 5.82 Å². The number of fused-ring (bicyclic) bond motifs is 1. The smallest absolute Gasteiger partial charge is 0.182 e. The Morgan fingerprint density at radius 1 is 1.21 bits per heavy atom. The molecule has 0 saturated carbocycles. The molecule has 3 aromatic rings. The Hall–Kier alpha value is -1.17. The van der Waals surface area contributed by atoms with Gasteiger partial charge in [0.25, 0.3) is 0 Å². The summed E-state index contributed by atoms with van der Waals surface area (Å²) < 4.78 is 16.4. The number of hydrogen-bond acceptors (Lipinski definition) is 1. The van der Waals surface area contributed by atoms with E-state index in [1.54, 1.807) is 16.7 Å². The van der Waals surface area contributed by atoms with Crippen LogP contribution in [0, 0.1) is 10.6 Å². The summed E-state index contributed by atoms with van der Waals surface area (Å²) in [5.41, 5.74) is 2.17. The third-order valence-electron chi connectivity index (χ3n) is 2.79. The third-order valence-corrected chi connectivity index (χ3v) is 3.89. The highest BCUT2D eigenvalue weighted by Crippen LogP contribution is 2.28. The molecule has 0 saturated heterocycles. The summed E-state index contributed by atoms with van der Waals surface area (Å²) in [6, 6.07) is 9.99. The van der Waals surface area contributed by atoms with Crippen molar-refractivity contribution in [2.24, 2.45) is 0 Å². The predicted octanol–water partition coefficient (Wildman–Crippen LogP) is 5.24. The van der Waals surface area contributed by atoms with Gasteiger partial charge in [-0.05, 0) is 48.6 Å². The molecule has 0 bridgehead atoms. The predicted molar refractivity (Wildman–Crippen MR) is 81.1 cm³/mol. The molecular weight excluding hydrogens is 351 g/mol. The fraction of sp³-hybridized carbons (Fsp3) is 0. The van der Waals surface area contributed by atoms with E-state index >= 15 is 0 Å². The van der Waals surface area contributed by atoms with Gasteiger partial charge in [-0.2, -0.15) is 0 Å². The molecule has 0 fully saturated rings. The zero-order valence-corrected chi connectivity index (χ0v) is 12.6. The molecule has 2 aromatic carbocycles. The van der Waals surface area contributed by atoms with Crippen LogP contribution >= 0.6 is 39.7 Å². The van der Waals surface area contributed by atoms with E-state index in [0.29, 0.717) is 15.3 Å². The largest absolute Gasteiger partial charge is 0.330 e. The Bertz CT molecular complexity index is 840. The van der Waals surface area contributed by atoms with E-state index in [0.717, 1.165) is 15.7 Å². The quantitative estimate of drug-likeness (QED) is 0.590. The Morgan fingerprint density at radius 2 is 2.00 bits per heavy atom. The molecule has 0 unspecified atom stereocenters. The molecule has 1 N–H and O–H groups in total. The van der Waals surface area contributed by atoms with Gasteiger partial charge in [0.1, 0.15) is 5.82 Å². The van der Waals surface area contributed by atoms with Gasteiger partial charge in [0, 0.05) is 4.47 Å². The maximum Gasteiger partial charge on any atom is 0.182 e. The van der Waals surface area contributed by atoms with Crippen LogP contribution in [-0.2, 0) is 0 Å². The van der Waals surface area contributed by atoms with E-state index in [4.69, 9.17) is 23.8 Å². The molecule has 2 nitrogen and oxygen atoms in total. The van der Waals surface area contributed by atoms with Crippen molar-refractivity contribution in [1.82, 2.24) is 9.55 Å². The number of hydrogen-bond donors (Lipinski definition) is 1. The SMILES string of the molecule is Fc1ccc2c(c1)[nH]c(=S)n2-c1cc(Br)ccc1Cl. The molecule has 1 heterocycles. The van der Waals surface area contributed by atoms with E-state index in [9.17, 15) is 4.39 Å². The Kier molecular flexibility index (Phi) is 3.20. The summed E-state index contributed by atoms with van der Waals surface area (Å²) in [4.78, 5) is 2.98. The number of nitrogens with zero attached hydrogens (tertiary/aromatic N) is 1. The number of halogens is 3. The van der Waals surface area contributed by atoms with Gasteiger partial charge < -0.3 is 4.98 Å². The summed E-state index contributed by atoms with van der Waals surface area (Å²) in [6.45, 7) is 0. The minimum absolute atomic E-state index is 0.309. The lowest BCUT2D eigenvalue weighted by atomic mass is 10.2. The molecule has 0 aliphatic rings. The molecule has 0 amide bonds. The average Bonchev–Trinajstić information content (AvgIpc) is 2.67. The van der Waals surface area contributed by atoms with Gasteiger partial charge in [0.2, 0.25) is 0 Å². The second-order valence-electron chi connectivity index (χ2n) is 4.02. The summed E-state index contributed by atoms with van der Waals surface area (Å²) in [5, 5.41) is 0.574. The molecule has 0 atom stereocenters. The zero-order valence-electron chi connectivity index (χ0n) is 9.45. The highest BCUT2D eigenvalue weighted by Gasteiger charge is 2.10. The van der Waals surface area contributed by atoms with Gasteiger partial charge in [0.15, 0.2) is 4.77 Å². The fourth-order valence-corrected chi connectivity index (χ4v) is 2.84. The van der Waals surface area contributed by atoms with Gasteiger partial charge in [0.05, 0.1) is 21.7 Å². The van der Waals surface area contributed by atoms with Crippen LogP contribution in [0.5, 0.6) is 0 Å². The van der Waals surface area contributed by atoms with Crippen molar-refractivity contribution in [3.05, 3.63) is 56.5 Å². The first-order valence-corrected chi connectivity index (χ1v) is 7.00. The number of nitrogens with one attached hydrogen (secondary N) is 1. The molecule has 6 heteroatoms. The van der Waals surface area contributed by atoms with Gasteiger partial charge in [-0.3, -0.25) is 4.57 Å². The van der Waals surface area contributed by atoms with Crippen LogP contribution in [0.1, 0.15) is 0 Å². The summed E-state index contributed by atoms with van der Waals surface area (Å²) >= 11 is 14.9. The van der Waals surface area contributed by atoms with Crippen molar-refractivity contribution in [1.29, 1.82) is 0 Å². The maximum absolute atomic E-state index is 13.2. The first-order chi connectivity index (χ1) is 9.06. The number of rotatable bonds is 1. The highest BCUT2D eigenvalue weighted by atomic mass is 79.9. The van der Waals surface area contributed by atoms with Gasteiger partial charge >= 0.3 is 0 Å². The lowest BCUT2D eigenvalue weighted by Gasteiger charge is -2.07. The van der Waals surface area contributed by atoms with Crippen molar-refractivity contribution in [2.75, 3.05) is 0 Å². The van der Waals surface area contributed by atoms with Gasteiger partial charge in [-0.1, -0.05) is 27.5 Å². The van der Waals surface area contributed by atoms with E-state index in [2.05, 4.69) is 20.9 Å². The zero-order chi connectivity index (χ0) is 13.6. The molecule has 1 aromatic heterocycles. The Labute approximate surface area is 127 Å². The van der Waals surface area contributed by atoms with E-state index in [1.165, 1.54) is 12.1 Å². The lowest BCUT2D eigenvalue weighted by molar-refractivity contribution is 0.629. The van der Waals surface area contributed by atoms with Crippen LogP contribution in [0.25, 0.3) is 16.7 Å². The van der Waals surface area contributed by atoms with Crippen LogP contribution < -0.4 is 0 Å². The molecule has 0 aliphatic carbocycles. The number of H-pyrrole nitrogens is 1. The van der Waals surface area contributed by atoms with Crippen LogP contribution in [0.3, 0.4) is 0 Å². The molecule has 3 rings (SSSR count). The molecule has 0 spiro atoms. The number of aromatic nitrogens is 2. The Balaban J connectivity index is 2.39. The average molecular weight is 358 g/mol. The monoisotopic (exact) mass is 356 g/mol. The molecule has 0 aliphatic heterocycles. The summed E-state index contributed by atoms with van der Waals surface area (Å²) in [7, 11) is 0. The van der Waals surface area contributed by atoms with Crippen molar-refractivity contribution >= 4 is 50.8 Å². The van der Waals surface area contributed by atoms with Crippen LogP contribution in [0.15, 0.2) is 40.9 Å². The number of imidazole rings is 1. The third kappa shape index (κ3) is 2.22. The number of benzene rings is 2. The minimum atomic E-state index is -0.309. The van der Waals surface area contributed by atoms with Crippen LogP contribution in [0.4, 0.5) is 4.39 Å². The van der Waals surface area contributed by atoms with Crippen LogP contribution in [-0.4, -0.2) is 9.55 Å². The van der Waals surface area contributed by atoms with Crippen LogP contribution in [0.2, 0.25) is 5.02 Å². The van der Waals surface area contributed by atoms with Crippen molar-refractivity contribution in [3.63, 3.8) is 0 Å². The standard InChI is InChI=1S/C13H7BrClFN2S/c14-7-1-3-9(15)12(5-7)18-11-4-2-8(16)6-10(11)17-13(18)19/h1-6H,(H,17,19). The molecule has 19 heavy (non-hydrogen) atoms. The highest BCUT2D eigenvalue weighted by molar-refractivity contribution is 9.10. The fourth-order valence-electron chi connectivity index (χ4n) is 1.98. The summed E-state index contributed by atoms with van der Waals surface area (Å²) in [6.07, 6.45) is 0. The maximum atomic E-state index is 13.2. The lowest BCUT2D eigenvalue weighted by Crippen LogP contribution is -1.95. The van der Waals surface area contributed by atoms with Crippen molar-refractivity contribution in [2.45, 2.75) is 0 Å². The molecule has 96 valence electrons. The van der Waals surface area contributed by atoms with Gasteiger partial charge in [-0.15, -0.1) is 0 Å². The first kappa shape index (κ1) is 12.8. The second-order valence-corrected chi connectivity index (χ2v) is 5.73. The molecule has 0 radical (unpaired) electrons. The first-order valence-electron chi connectivity index (χ1n) is 5.42.